The molecule has 0 aromatic heterocycles. The summed E-state index contributed by atoms with van der Waals surface area (Å²) in [4.78, 5) is 0. The molecule has 0 atom stereocenters. The van der Waals surface area contributed by atoms with Crippen molar-refractivity contribution in [1.82, 2.24) is 0 Å². The molecule has 0 N–H and O–H groups in total. The van der Waals surface area contributed by atoms with E-state index in [1.54, 1.807) is 0 Å². The molecule has 0 nitrogen and oxygen atoms in total. The maximum atomic E-state index is 3.76. The average molecular weight is 258 g/mol. The van der Waals surface area contributed by atoms with Gasteiger partial charge in [-0.2, -0.15) is 0 Å². The van der Waals surface area contributed by atoms with Crippen molar-refractivity contribution in [3.63, 3.8) is 0 Å². The summed E-state index contributed by atoms with van der Waals surface area (Å²) in [6.07, 6.45) is 15.6. The zero-order chi connectivity index (χ0) is 13.8. The van der Waals surface area contributed by atoms with Gasteiger partial charge in [0.15, 0.2) is 0 Å². The van der Waals surface area contributed by atoms with Gasteiger partial charge in [0.2, 0.25) is 0 Å². The van der Waals surface area contributed by atoms with Gasteiger partial charge in [-0.15, -0.1) is 6.58 Å². The summed E-state index contributed by atoms with van der Waals surface area (Å²) in [5, 5.41) is 0. The van der Waals surface area contributed by atoms with Crippen molar-refractivity contribution >= 4 is 0 Å². The lowest BCUT2D eigenvalue weighted by Crippen LogP contribution is -1.89. The van der Waals surface area contributed by atoms with Gasteiger partial charge < -0.3 is 0 Å². The Kier molecular flexibility index (Phi) is 9.14. The van der Waals surface area contributed by atoms with Gasteiger partial charge in [-0.25, -0.2) is 0 Å². The van der Waals surface area contributed by atoms with E-state index < -0.39 is 0 Å². The predicted octanol–water partition coefficient (Wildman–Crippen LogP) is 6.23. The largest absolute Gasteiger partial charge is 0.103 e. The summed E-state index contributed by atoms with van der Waals surface area (Å²) in [5.41, 5.74) is 2.98. The lowest BCUT2D eigenvalue weighted by atomic mass is 10.0. The minimum atomic E-state index is 1.19. The summed E-state index contributed by atoms with van der Waals surface area (Å²) >= 11 is 0. The second-order valence-electron chi connectivity index (χ2n) is 5.58. The lowest BCUT2D eigenvalue weighted by molar-refractivity contribution is 0.569. The number of hydrogen-bond donors (Lipinski definition) is 0. The molecular formula is C19H30. The van der Waals surface area contributed by atoms with E-state index >= 15 is 0 Å². The molecule has 19 heavy (non-hydrogen) atoms. The molecule has 0 bridgehead atoms. The van der Waals surface area contributed by atoms with Crippen LogP contribution in [0.25, 0.3) is 0 Å². The Hall–Kier alpha value is -1.04. The molecule has 0 saturated heterocycles. The molecule has 0 aliphatic carbocycles. The zero-order valence-electron chi connectivity index (χ0n) is 12.7. The van der Waals surface area contributed by atoms with Crippen molar-refractivity contribution in [2.75, 3.05) is 0 Å². The quantitative estimate of drug-likeness (QED) is 0.326. The van der Waals surface area contributed by atoms with Crippen LogP contribution in [0, 0.1) is 6.92 Å². The molecule has 0 saturated carbocycles. The molecule has 0 fully saturated rings. The molecule has 0 aliphatic rings. The van der Waals surface area contributed by atoms with E-state index in [0.717, 1.165) is 0 Å². The Morgan fingerprint density at radius 1 is 0.842 bits per heavy atom. The van der Waals surface area contributed by atoms with Crippen LogP contribution < -0.4 is 0 Å². The Bertz CT molecular complexity index is 338. The highest BCUT2D eigenvalue weighted by atomic mass is 14.0. The fourth-order valence-corrected chi connectivity index (χ4v) is 2.56. The summed E-state index contributed by atoms with van der Waals surface area (Å²) < 4.78 is 0. The Morgan fingerprint density at radius 3 is 2.05 bits per heavy atom. The Balaban J connectivity index is 1.91. The fraction of sp³-hybridized carbons (Fsp3) is 0.579. The summed E-state index contributed by atoms with van der Waals surface area (Å²) in [7, 11) is 0. The van der Waals surface area contributed by atoms with E-state index in [-0.39, 0.29) is 0 Å². The van der Waals surface area contributed by atoms with Crippen LogP contribution in [0.4, 0.5) is 0 Å². The van der Waals surface area contributed by atoms with E-state index in [1.807, 2.05) is 6.08 Å². The standard InChI is InChI=1S/C19H30/c1-3-4-5-6-7-8-9-10-11-12-16-19-17-14-13-15-18(19)2/h3,13-15,17H,1,4-12,16H2,2H3. The predicted molar refractivity (Wildman–Crippen MR) is 86.6 cm³/mol. The smallest absolute Gasteiger partial charge is 0.0276 e. The molecule has 0 heterocycles. The topological polar surface area (TPSA) is 0 Å². The normalized spacial score (nSPS) is 10.6. The Labute approximate surface area is 119 Å². The van der Waals surface area contributed by atoms with Gasteiger partial charge in [-0.1, -0.05) is 68.9 Å². The molecule has 1 rings (SSSR count). The highest BCUT2D eigenvalue weighted by molar-refractivity contribution is 5.25. The molecule has 0 amide bonds. The van der Waals surface area contributed by atoms with Gasteiger partial charge in [0.05, 0.1) is 0 Å². The fourth-order valence-electron chi connectivity index (χ4n) is 2.56. The first-order valence-electron chi connectivity index (χ1n) is 8.00. The van der Waals surface area contributed by atoms with Gasteiger partial charge in [0.25, 0.3) is 0 Å². The van der Waals surface area contributed by atoms with E-state index in [0.29, 0.717) is 0 Å². The SMILES string of the molecule is C=CCCCCCCCCCCc1ccccc1C. The molecule has 1 aromatic carbocycles. The minimum absolute atomic E-state index is 1.19. The molecular weight excluding hydrogens is 228 g/mol. The number of benzene rings is 1. The van der Waals surface area contributed by atoms with Crippen LogP contribution in [-0.2, 0) is 6.42 Å². The molecule has 0 radical (unpaired) electrons. The second kappa shape index (κ2) is 10.8. The lowest BCUT2D eigenvalue weighted by Gasteiger charge is -2.05. The number of allylic oxidation sites excluding steroid dienone is 1. The molecule has 106 valence electrons. The Morgan fingerprint density at radius 2 is 1.42 bits per heavy atom. The van der Waals surface area contributed by atoms with Gasteiger partial charge in [0, 0.05) is 0 Å². The van der Waals surface area contributed by atoms with Gasteiger partial charge in [-0.3, -0.25) is 0 Å². The number of aryl methyl sites for hydroxylation is 2. The van der Waals surface area contributed by atoms with Crippen LogP contribution in [0.5, 0.6) is 0 Å². The highest BCUT2D eigenvalue weighted by Gasteiger charge is 1.97. The van der Waals surface area contributed by atoms with Crippen LogP contribution in [0.3, 0.4) is 0 Å². The minimum Gasteiger partial charge on any atom is -0.103 e. The van der Waals surface area contributed by atoms with Crippen molar-refractivity contribution in [2.45, 2.75) is 71.1 Å². The van der Waals surface area contributed by atoms with E-state index in [1.165, 1.54) is 75.3 Å². The van der Waals surface area contributed by atoms with Crippen LogP contribution in [0.15, 0.2) is 36.9 Å². The van der Waals surface area contributed by atoms with E-state index in [9.17, 15) is 0 Å². The van der Waals surface area contributed by atoms with Gasteiger partial charge >= 0.3 is 0 Å². The maximum Gasteiger partial charge on any atom is -0.0276 e. The van der Waals surface area contributed by atoms with Crippen LogP contribution in [-0.4, -0.2) is 0 Å². The van der Waals surface area contributed by atoms with Crippen molar-refractivity contribution < 1.29 is 0 Å². The maximum absolute atomic E-state index is 3.76. The van der Waals surface area contributed by atoms with E-state index in [2.05, 4.69) is 37.8 Å². The zero-order valence-corrected chi connectivity index (χ0v) is 12.7. The van der Waals surface area contributed by atoms with Crippen molar-refractivity contribution in [2.24, 2.45) is 0 Å². The monoisotopic (exact) mass is 258 g/mol. The van der Waals surface area contributed by atoms with Crippen molar-refractivity contribution in [3.8, 4) is 0 Å². The van der Waals surface area contributed by atoms with Crippen molar-refractivity contribution in [1.29, 1.82) is 0 Å². The number of unbranched alkanes of at least 4 members (excludes halogenated alkanes) is 8. The molecule has 0 unspecified atom stereocenters. The first-order valence-corrected chi connectivity index (χ1v) is 8.00. The van der Waals surface area contributed by atoms with Crippen molar-refractivity contribution in [3.05, 3.63) is 48.0 Å². The van der Waals surface area contributed by atoms with E-state index in [4.69, 9.17) is 0 Å². The second-order valence-corrected chi connectivity index (χ2v) is 5.58. The molecule has 0 heteroatoms. The summed E-state index contributed by atoms with van der Waals surface area (Å²) in [6, 6.07) is 8.78. The van der Waals surface area contributed by atoms with Gasteiger partial charge in [0.1, 0.15) is 0 Å². The third-order valence-corrected chi connectivity index (χ3v) is 3.87. The van der Waals surface area contributed by atoms with Crippen LogP contribution in [0.1, 0.15) is 68.9 Å². The van der Waals surface area contributed by atoms with Crippen LogP contribution in [0.2, 0.25) is 0 Å². The molecule has 0 spiro atoms. The average Bonchev–Trinajstić information content (AvgIpc) is 2.43. The first kappa shape index (κ1) is 16.0. The highest BCUT2D eigenvalue weighted by Crippen LogP contribution is 2.14. The molecule has 0 aliphatic heterocycles. The molecule has 1 aromatic rings. The number of hydrogen-bond acceptors (Lipinski definition) is 0. The first-order chi connectivity index (χ1) is 9.34. The third-order valence-electron chi connectivity index (χ3n) is 3.87. The van der Waals surface area contributed by atoms with Gasteiger partial charge in [-0.05, 0) is 43.7 Å². The van der Waals surface area contributed by atoms with Crippen LogP contribution >= 0.6 is 0 Å². The summed E-state index contributed by atoms with van der Waals surface area (Å²) in [6.45, 7) is 5.98. The number of rotatable bonds is 11. The summed E-state index contributed by atoms with van der Waals surface area (Å²) in [5.74, 6) is 0. The third kappa shape index (κ3) is 7.87.